The van der Waals surface area contributed by atoms with E-state index >= 15 is 0 Å². The average Bonchev–Trinajstić information content (AvgIpc) is 2.96. The maximum Gasteiger partial charge on any atom is 0.338 e. The van der Waals surface area contributed by atoms with Crippen LogP contribution in [0.25, 0.3) is 16.6 Å². The van der Waals surface area contributed by atoms with Crippen molar-refractivity contribution in [3.63, 3.8) is 0 Å². The lowest BCUT2D eigenvalue weighted by molar-refractivity contribution is 0.0691. The molecule has 0 saturated heterocycles. The van der Waals surface area contributed by atoms with Gasteiger partial charge >= 0.3 is 5.97 Å². The molecule has 3 aromatic rings. The minimum atomic E-state index is -1.02. The van der Waals surface area contributed by atoms with E-state index in [1.165, 1.54) is 7.11 Å². The van der Waals surface area contributed by atoms with Gasteiger partial charge in [0, 0.05) is 36.3 Å². The van der Waals surface area contributed by atoms with Crippen molar-refractivity contribution in [1.82, 2.24) is 14.6 Å². The van der Waals surface area contributed by atoms with Gasteiger partial charge in [-0.25, -0.2) is 9.31 Å². The Balaban J connectivity index is 2.44. The monoisotopic (exact) mass is 325 g/mol. The Labute approximate surface area is 139 Å². The van der Waals surface area contributed by atoms with Crippen LogP contribution in [0.2, 0.25) is 0 Å². The third-order valence-electron chi connectivity index (χ3n) is 3.97. The lowest BCUT2D eigenvalue weighted by Crippen LogP contribution is -2.13. The Bertz CT molecular complexity index is 915. The topological polar surface area (TPSA) is 76.7 Å². The molecule has 0 unspecified atom stereocenters. The fourth-order valence-electron chi connectivity index (χ4n) is 2.94. The molecular formula is C18H19N3O3. The van der Waals surface area contributed by atoms with Crippen LogP contribution in [0.1, 0.15) is 34.2 Å². The summed E-state index contributed by atoms with van der Waals surface area (Å²) in [6.07, 6.45) is 4.23. The number of carboxylic acid groups (broad SMARTS) is 1. The Morgan fingerprint density at radius 1 is 1.33 bits per heavy atom. The summed E-state index contributed by atoms with van der Waals surface area (Å²) in [5.74, 6) is -1.02. The van der Waals surface area contributed by atoms with Crippen LogP contribution in [0.5, 0.6) is 0 Å². The van der Waals surface area contributed by atoms with E-state index in [0.717, 1.165) is 28.8 Å². The van der Waals surface area contributed by atoms with Gasteiger partial charge in [0.05, 0.1) is 17.7 Å². The molecule has 24 heavy (non-hydrogen) atoms. The number of ether oxygens (including phenoxy) is 1. The van der Waals surface area contributed by atoms with Gasteiger partial charge in [-0.15, -0.1) is 0 Å². The first-order valence-corrected chi connectivity index (χ1v) is 7.74. The SMILES string of the molecule is CCc1ccc2c(-c3cncc(C)c3)c(C(=O)O)c(COC)nn12. The van der Waals surface area contributed by atoms with Crippen molar-refractivity contribution in [1.29, 1.82) is 0 Å². The highest BCUT2D eigenvalue weighted by Gasteiger charge is 2.23. The van der Waals surface area contributed by atoms with E-state index in [4.69, 9.17) is 4.74 Å². The Hall–Kier alpha value is -2.73. The number of aryl methyl sites for hydroxylation is 2. The molecule has 0 aliphatic carbocycles. The second-order valence-corrected chi connectivity index (χ2v) is 5.66. The first kappa shape index (κ1) is 16.1. The highest BCUT2D eigenvalue weighted by molar-refractivity contribution is 6.01. The number of hydrogen-bond acceptors (Lipinski definition) is 4. The lowest BCUT2D eigenvalue weighted by Gasteiger charge is -2.14. The molecule has 0 aliphatic heterocycles. The van der Waals surface area contributed by atoms with Gasteiger partial charge in [-0.3, -0.25) is 4.98 Å². The number of methoxy groups -OCH3 is 1. The first-order chi connectivity index (χ1) is 11.6. The summed E-state index contributed by atoms with van der Waals surface area (Å²) in [5.41, 5.74) is 4.70. The zero-order valence-corrected chi connectivity index (χ0v) is 13.9. The molecule has 3 rings (SSSR count). The first-order valence-electron chi connectivity index (χ1n) is 7.74. The highest BCUT2D eigenvalue weighted by atomic mass is 16.5. The number of hydrogen-bond donors (Lipinski definition) is 1. The van der Waals surface area contributed by atoms with Crippen LogP contribution >= 0.6 is 0 Å². The summed E-state index contributed by atoms with van der Waals surface area (Å²) in [4.78, 5) is 16.2. The molecule has 3 aromatic heterocycles. The zero-order valence-electron chi connectivity index (χ0n) is 13.9. The van der Waals surface area contributed by atoms with E-state index in [1.807, 2.05) is 32.0 Å². The Morgan fingerprint density at radius 2 is 2.12 bits per heavy atom. The number of fused-ring (bicyclic) bond motifs is 1. The number of nitrogens with zero attached hydrogens (tertiary/aromatic N) is 3. The second kappa shape index (κ2) is 6.41. The molecule has 0 bridgehead atoms. The zero-order chi connectivity index (χ0) is 17.3. The van der Waals surface area contributed by atoms with E-state index in [0.29, 0.717) is 11.3 Å². The van der Waals surface area contributed by atoms with Crippen LogP contribution in [0, 0.1) is 6.92 Å². The summed E-state index contributed by atoms with van der Waals surface area (Å²) >= 11 is 0. The molecule has 0 radical (unpaired) electrons. The number of carboxylic acids is 1. The normalized spacial score (nSPS) is 11.1. The molecule has 0 aromatic carbocycles. The van der Waals surface area contributed by atoms with Crippen molar-refractivity contribution in [3.8, 4) is 11.1 Å². The predicted octanol–water partition coefficient (Wildman–Crippen LogP) is 3.11. The van der Waals surface area contributed by atoms with Crippen molar-refractivity contribution in [2.45, 2.75) is 26.9 Å². The molecule has 0 spiro atoms. The van der Waals surface area contributed by atoms with Gasteiger partial charge in [0.15, 0.2) is 0 Å². The molecule has 0 amide bonds. The Morgan fingerprint density at radius 3 is 2.75 bits per heavy atom. The largest absolute Gasteiger partial charge is 0.478 e. The lowest BCUT2D eigenvalue weighted by atomic mass is 9.99. The van der Waals surface area contributed by atoms with Gasteiger partial charge in [0.1, 0.15) is 5.69 Å². The van der Waals surface area contributed by atoms with Crippen LogP contribution in [0.3, 0.4) is 0 Å². The molecule has 0 fully saturated rings. The third kappa shape index (κ3) is 2.65. The van der Waals surface area contributed by atoms with E-state index < -0.39 is 5.97 Å². The fraction of sp³-hybridized carbons (Fsp3) is 0.278. The summed E-state index contributed by atoms with van der Waals surface area (Å²) in [7, 11) is 1.53. The molecular weight excluding hydrogens is 306 g/mol. The minimum absolute atomic E-state index is 0.130. The maximum atomic E-state index is 12.0. The molecule has 6 nitrogen and oxygen atoms in total. The molecule has 6 heteroatoms. The number of rotatable bonds is 5. The van der Waals surface area contributed by atoms with Gasteiger partial charge in [-0.2, -0.15) is 5.10 Å². The smallest absolute Gasteiger partial charge is 0.338 e. The van der Waals surface area contributed by atoms with Gasteiger partial charge < -0.3 is 9.84 Å². The second-order valence-electron chi connectivity index (χ2n) is 5.66. The number of carbonyl (C=O) groups is 1. The van der Waals surface area contributed by atoms with Crippen LogP contribution in [0.15, 0.2) is 30.6 Å². The van der Waals surface area contributed by atoms with Crippen LogP contribution in [-0.2, 0) is 17.8 Å². The maximum absolute atomic E-state index is 12.0. The van der Waals surface area contributed by atoms with Crippen molar-refractivity contribution in [2.75, 3.05) is 7.11 Å². The average molecular weight is 325 g/mol. The summed E-state index contributed by atoms with van der Waals surface area (Å²) in [6.45, 7) is 4.10. The summed E-state index contributed by atoms with van der Waals surface area (Å²) < 4.78 is 6.98. The molecule has 0 saturated carbocycles. The summed E-state index contributed by atoms with van der Waals surface area (Å²) in [5, 5.41) is 14.3. The van der Waals surface area contributed by atoms with E-state index in [-0.39, 0.29) is 12.2 Å². The highest BCUT2D eigenvalue weighted by Crippen LogP contribution is 2.32. The summed E-state index contributed by atoms with van der Waals surface area (Å²) in [6, 6.07) is 5.81. The standard InChI is InChI=1S/C18H19N3O3/c1-4-13-5-6-15-16(12-7-11(2)8-19-9-12)17(18(22)23)14(10-24-3)20-21(13)15/h5-9H,4,10H2,1-3H3,(H,22,23). The number of aromatic nitrogens is 3. The van der Waals surface area contributed by atoms with Crippen molar-refractivity contribution < 1.29 is 14.6 Å². The van der Waals surface area contributed by atoms with Crippen LogP contribution in [0.4, 0.5) is 0 Å². The quantitative estimate of drug-likeness (QED) is 0.780. The Kier molecular flexibility index (Phi) is 4.31. The molecule has 3 heterocycles. The van der Waals surface area contributed by atoms with E-state index in [1.54, 1.807) is 16.9 Å². The number of aromatic carboxylic acids is 1. The van der Waals surface area contributed by atoms with E-state index in [2.05, 4.69) is 10.1 Å². The van der Waals surface area contributed by atoms with Crippen molar-refractivity contribution in [2.24, 2.45) is 0 Å². The van der Waals surface area contributed by atoms with Gasteiger partial charge in [0.2, 0.25) is 0 Å². The van der Waals surface area contributed by atoms with Gasteiger partial charge in [-0.05, 0) is 37.1 Å². The van der Waals surface area contributed by atoms with Crippen molar-refractivity contribution in [3.05, 3.63) is 53.1 Å². The van der Waals surface area contributed by atoms with Gasteiger partial charge in [0.25, 0.3) is 0 Å². The van der Waals surface area contributed by atoms with Gasteiger partial charge in [-0.1, -0.05) is 6.92 Å². The van der Waals surface area contributed by atoms with Crippen LogP contribution in [-0.4, -0.2) is 32.8 Å². The van der Waals surface area contributed by atoms with E-state index in [9.17, 15) is 9.90 Å². The minimum Gasteiger partial charge on any atom is -0.478 e. The molecule has 1 N–H and O–H groups in total. The molecule has 0 atom stereocenters. The fourth-order valence-corrected chi connectivity index (χ4v) is 2.94. The predicted molar refractivity (Wildman–Crippen MR) is 90.2 cm³/mol. The molecule has 0 aliphatic rings. The van der Waals surface area contributed by atoms with Crippen LogP contribution < -0.4 is 0 Å². The van der Waals surface area contributed by atoms with Crippen molar-refractivity contribution >= 4 is 11.5 Å². The number of pyridine rings is 1. The third-order valence-corrected chi connectivity index (χ3v) is 3.97. The molecule has 124 valence electrons.